The second-order valence-corrected chi connectivity index (χ2v) is 6.49. The second kappa shape index (κ2) is 7.88. The summed E-state index contributed by atoms with van der Waals surface area (Å²) < 4.78 is 20.1. The van der Waals surface area contributed by atoms with Crippen LogP contribution in [-0.2, 0) is 9.53 Å². The van der Waals surface area contributed by atoms with Crippen LogP contribution in [0.4, 0.5) is 20.6 Å². The van der Waals surface area contributed by atoms with Crippen molar-refractivity contribution in [1.82, 2.24) is 16.2 Å². The molecule has 9 heteroatoms. The first-order valence-corrected chi connectivity index (χ1v) is 8.69. The van der Waals surface area contributed by atoms with Crippen molar-refractivity contribution >= 4 is 23.4 Å². The van der Waals surface area contributed by atoms with Crippen molar-refractivity contribution < 1.29 is 18.7 Å². The van der Waals surface area contributed by atoms with Crippen molar-refractivity contribution in [1.29, 1.82) is 0 Å². The molecule has 3 N–H and O–H groups in total. The maximum Gasteiger partial charge on any atom is 0.414 e. The molecule has 0 aliphatic carbocycles. The molecule has 142 valence electrons. The van der Waals surface area contributed by atoms with Crippen LogP contribution in [0.2, 0.25) is 0 Å². The zero-order valence-corrected chi connectivity index (χ0v) is 15.0. The maximum atomic E-state index is 14.8. The molecule has 2 fully saturated rings. The Labute approximate surface area is 151 Å². The number of hydrazine groups is 1. The Kier molecular flexibility index (Phi) is 5.58. The van der Waals surface area contributed by atoms with E-state index in [1.807, 2.05) is 11.8 Å². The van der Waals surface area contributed by atoms with Gasteiger partial charge in [-0.25, -0.2) is 9.18 Å². The number of nitrogens with zero attached hydrogens (tertiary/aromatic N) is 2. The van der Waals surface area contributed by atoms with Crippen LogP contribution < -0.4 is 26.0 Å². The first kappa shape index (κ1) is 18.4. The van der Waals surface area contributed by atoms with E-state index in [4.69, 9.17) is 4.74 Å². The molecular weight excluding hydrogens is 341 g/mol. The minimum absolute atomic E-state index is 0.188. The van der Waals surface area contributed by atoms with Gasteiger partial charge < -0.3 is 15.0 Å². The standard InChI is InChI=1S/C17H24FN5O3/c1-11-7-13(23-10-14(26-17(23)25)9-19-12(2)24)8-15(18)16(11)22-5-3-20-21-4-6-22/h7-8,14,20-21H,3-6,9-10H2,1-2H3,(H,19,24)/t14-/m0/s1. The molecule has 0 aromatic heterocycles. The number of hydrogen-bond acceptors (Lipinski definition) is 6. The first-order chi connectivity index (χ1) is 12.5. The highest BCUT2D eigenvalue weighted by Gasteiger charge is 2.33. The summed E-state index contributed by atoms with van der Waals surface area (Å²) >= 11 is 0. The quantitative estimate of drug-likeness (QED) is 0.721. The summed E-state index contributed by atoms with van der Waals surface area (Å²) in [6.07, 6.45) is -0.979. The average molecular weight is 365 g/mol. The molecule has 2 heterocycles. The molecule has 0 unspecified atom stereocenters. The highest BCUT2D eigenvalue weighted by atomic mass is 19.1. The van der Waals surface area contributed by atoms with Crippen molar-refractivity contribution in [3.63, 3.8) is 0 Å². The van der Waals surface area contributed by atoms with Crippen molar-refractivity contribution in [2.24, 2.45) is 0 Å². The van der Waals surface area contributed by atoms with Crippen LogP contribution in [0.5, 0.6) is 0 Å². The SMILES string of the molecule is CC(=O)NC[C@H]1CN(c2cc(C)c(N3CCNNCC3)c(F)c2)C(=O)O1. The molecule has 26 heavy (non-hydrogen) atoms. The summed E-state index contributed by atoms with van der Waals surface area (Å²) in [5.41, 5.74) is 7.90. The van der Waals surface area contributed by atoms with E-state index in [0.717, 1.165) is 5.56 Å². The average Bonchev–Trinajstić information content (AvgIpc) is 2.77. The fraction of sp³-hybridized carbons (Fsp3) is 0.529. The van der Waals surface area contributed by atoms with E-state index in [2.05, 4.69) is 16.2 Å². The summed E-state index contributed by atoms with van der Waals surface area (Å²) in [5.74, 6) is -0.549. The highest BCUT2D eigenvalue weighted by molar-refractivity contribution is 5.90. The van der Waals surface area contributed by atoms with Gasteiger partial charge in [-0.2, -0.15) is 0 Å². The molecule has 2 saturated heterocycles. The van der Waals surface area contributed by atoms with Crippen molar-refractivity contribution in [3.8, 4) is 0 Å². The number of hydrogen-bond donors (Lipinski definition) is 3. The van der Waals surface area contributed by atoms with E-state index in [1.54, 1.807) is 6.07 Å². The lowest BCUT2D eigenvalue weighted by Crippen LogP contribution is -2.33. The minimum atomic E-state index is -0.532. The number of ether oxygens (including phenoxy) is 1. The number of anilines is 2. The van der Waals surface area contributed by atoms with Gasteiger partial charge >= 0.3 is 6.09 Å². The molecule has 0 saturated carbocycles. The fourth-order valence-electron chi connectivity index (χ4n) is 3.26. The highest BCUT2D eigenvalue weighted by Crippen LogP contribution is 2.31. The Hall–Kier alpha value is -2.39. The van der Waals surface area contributed by atoms with Gasteiger partial charge in [0.15, 0.2) is 0 Å². The smallest absolute Gasteiger partial charge is 0.414 e. The molecule has 3 rings (SSSR count). The van der Waals surface area contributed by atoms with Gasteiger partial charge in [-0.15, -0.1) is 0 Å². The number of aryl methyl sites for hydroxylation is 1. The number of carbonyl (C=O) groups excluding carboxylic acids is 2. The zero-order chi connectivity index (χ0) is 18.7. The Morgan fingerprint density at radius 3 is 2.65 bits per heavy atom. The lowest BCUT2D eigenvalue weighted by Gasteiger charge is -2.26. The van der Waals surface area contributed by atoms with Crippen LogP contribution in [0.3, 0.4) is 0 Å². The summed E-state index contributed by atoms with van der Waals surface area (Å²) in [4.78, 5) is 26.5. The van der Waals surface area contributed by atoms with Gasteiger partial charge in [-0.05, 0) is 24.6 Å². The van der Waals surface area contributed by atoms with E-state index in [9.17, 15) is 14.0 Å². The number of halogens is 1. The van der Waals surface area contributed by atoms with E-state index in [0.29, 0.717) is 37.6 Å². The summed E-state index contributed by atoms with van der Waals surface area (Å²) in [7, 11) is 0. The lowest BCUT2D eigenvalue weighted by atomic mass is 10.1. The fourth-order valence-corrected chi connectivity index (χ4v) is 3.26. The third kappa shape index (κ3) is 4.05. The Morgan fingerprint density at radius 2 is 2.04 bits per heavy atom. The summed E-state index contributed by atoms with van der Waals surface area (Å²) in [5, 5.41) is 2.63. The van der Waals surface area contributed by atoms with Gasteiger partial charge in [0.05, 0.1) is 24.5 Å². The molecule has 1 aromatic carbocycles. The molecule has 1 aromatic rings. The van der Waals surface area contributed by atoms with Crippen LogP contribution in [0.1, 0.15) is 12.5 Å². The number of carbonyl (C=O) groups is 2. The Balaban J connectivity index is 1.77. The summed E-state index contributed by atoms with van der Waals surface area (Å²) in [6.45, 7) is 6.56. The maximum absolute atomic E-state index is 14.8. The van der Waals surface area contributed by atoms with Gasteiger partial charge in [0.25, 0.3) is 0 Å². The van der Waals surface area contributed by atoms with Crippen LogP contribution in [-0.4, -0.2) is 57.4 Å². The molecule has 0 radical (unpaired) electrons. The zero-order valence-electron chi connectivity index (χ0n) is 15.0. The van der Waals surface area contributed by atoms with Gasteiger partial charge in [0.1, 0.15) is 11.9 Å². The molecule has 2 aliphatic rings. The molecule has 2 aliphatic heterocycles. The molecule has 0 spiro atoms. The van der Waals surface area contributed by atoms with Crippen LogP contribution in [0.25, 0.3) is 0 Å². The van der Waals surface area contributed by atoms with E-state index in [1.165, 1.54) is 17.9 Å². The summed E-state index contributed by atoms with van der Waals surface area (Å²) in [6, 6.07) is 3.17. The topological polar surface area (TPSA) is 85.9 Å². The van der Waals surface area contributed by atoms with Crippen LogP contribution in [0.15, 0.2) is 12.1 Å². The number of cyclic esters (lactones) is 1. The third-order valence-corrected chi connectivity index (χ3v) is 4.46. The second-order valence-electron chi connectivity index (χ2n) is 6.49. The van der Waals surface area contributed by atoms with E-state index >= 15 is 0 Å². The molecular formula is C17H24FN5O3. The molecule has 8 nitrogen and oxygen atoms in total. The Morgan fingerprint density at radius 1 is 1.35 bits per heavy atom. The van der Waals surface area contributed by atoms with E-state index in [-0.39, 0.29) is 24.8 Å². The Bertz CT molecular complexity index is 668. The van der Waals surface area contributed by atoms with Gasteiger partial charge in [-0.1, -0.05) is 0 Å². The number of benzene rings is 1. The lowest BCUT2D eigenvalue weighted by molar-refractivity contribution is -0.119. The minimum Gasteiger partial charge on any atom is -0.442 e. The van der Waals surface area contributed by atoms with Crippen molar-refractivity contribution in [3.05, 3.63) is 23.5 Å². The van der Waals surface area contributed by atoms with Crippen molar-refractivity contribution in [2.45, 2.75) is 20.0 Å². The van der Waals surface area contributed by atoms with Crippen molar-refractivity contribution in [2.75, 3.05) is 49.1 Å². The normalized spacial score (nSPS) is 20.7. The van der Waals surface area contributed by atoms with Crippen LogP contribution >= 0.6 is 0 Å². The molecule has 2 amide bonds. The molecule has 0 bridgehead atoms. The van der Waals surface area contributed by atoms with Gasteiger partial charge in [0.2, 0.25) is 5.91 Å². The van der Waals surface area contributed by atoms with E-state index < -0.39 is 12.2 Å². The predicted octanol–water partition coefficient (Wildman–Crippen LogP) is 0.510. The monoisotopic (exact) mass is 365 g/mol. The largest absolute Gasteiger partial charge is 0.442 e. The third-order valence-electron chi connectivity index (χ3n) is 4.46. The predicted molar refractivity (Wildman–Crippen MR) is 95.7 cm³/mol. The van der Waals surface area contributed by atoms with Crippen LogP contribution in [0, 0.1) is 12.7 Å². The molecule has 1 atom stereocenters. The van der Waals surface area contributed by atoms with Gasteiger partial charge in [0, 0.05) is 33.1 Å². The number of nitrogens with one attached hydrogen (secondary N) is 3. The number of rotatable bonds is 4. The first-order valence-electron chi connectivity index (χ1n) is 8.69. The van der Waals surface area contributed by atoms with Gasteiger partial charge in [-0.3, -0.25) is 20.5 Å². The number of amides is 2.